The molecule has 1 aromatic heterocycles. The fourth-order valence-electron chi connectivity index (χ4n) is 1.84. The monoisotopic (exact) mass is 239 g/mol. The van der Waals surface area contributed by atoms with Crippen molar-refractivity contribution in [3.05, 3.63) is 11.9 Å². The molecule has 7 heteroatoms. The Kier molecular flexibility index (Phi) is 4.05. The quantitative estimate of drug-likeness (QED) is 0.689. The maximum Gasteiger partial charge on any atom is 0.265 e. The zero-order valence-corrected chi connectivity index (χ0v) is 9.63. The van der Waals surface area contributed by atoms with E-state index in [1.54, 1.807) is 6.20 Å². The average molecular weight is 239 g/mol. The molecule has 17 heavy (non-hydrogen) atoms. The summed E-state index contributed by atoms with van der Waals surface area (Å²) >= 11 is 0. The Bertz CT molecular complexity index is 373. The van der Waals surface area contributed by atoms with Crippen molar-refractivity contribution in [1.82, 2.24) is 20.5 Å². The Morgan fingerprint density at radius 3 is 3.00 bits per heavy atom. The number of aromatic nitrogens is 3. The maximum atomic E-state index is 11.5. The fourth-order valence-corrected chi connectivity index (χ4v) is 1.84. The molecule has 0 saturated heterocycles. The van der Waals surface area contributed by atoms with Crippen LogP contribution in [0.3, 0.4) is 0 Å². The molecule has 1 aliphatic rings. The number of nitrogens with one attached hydrogen (secondary N) is 1. The Hall–Kier alpha value is -1.47. The molecule has 1 amide bonds. The van der Waals surface area contributed by atoms with Gasteiger partial charge in [-0.15, -0.1) is 5.10 Å². The zero-order chi connectivity index (χ0) is 12.1. The van der Waals surface area contributed by atoms with Gasteiger partial charge in [0.25, 0.3) is 5.91 Å². The highest BCUT2D eigenvalue weighted by Crippen LogP contribution is 2.19. The first-order chi connectivity index (χ1) is 8.28. The normalized spacial score (nSPS) is 16.3. The molecule has 0 atom stereocenters. The van der Waals surface area contributed by atoms with E-state index in [1.165, 1.54) is 17.5 Å². The van der Waals surface area contributed by atoms with Gasteiger partial charge in [0.1, 0.15) is 6.54 Å². The predicted octanol–water partition coefficient (Wildman–Crippen LogP) is -0.273. The molecule has 0 aliphatic heterocycles. The topological polar surface area (TPSA) is 95.1 Å². The van der Waals surface area contributed by atoms with Gasteiger partial charge in [-0.05, 0) is 12.8 Å². The van der Waals surface area contributed by atoms with Gasteiger partial charge in [-0.1, -0.05) is 18.1 Å². The van der Waals surface area contributed by atoms with Gasteiger partial charge in [0, 0.05) is 6.54 Å². The number of nitrogens with zero attached hydrogens (tertiary/aromatic N) is 3. The van der Waals surface area contributed by atoms with Gasteiger partial charge in [-0.25, -0.2) is 10.2 Å². The summed E-state index contributed by atoms with van der Waals surface area (Å²) in [6.07, 6.45) is 6.18. The van der Waals surface area contributed by atoms with Gasteiger partial charge in [0.15, 0.2) is 0 Å². The van der Waals surface area contributed by atoms with Crippen LogP contribution in [0.5, 0.6) is 0 Å². The molecule has 0 spiro atoms. The second kappa shape index (κ2) is 5.74. The second-order valence-electron chi connectivity index (χ2n) is 4.16. The smallest absolute Gasteiger partial charge is 0.265 e. The Labute approximate surface area is 99.3 Å². The summed E-state index contributed by atoms with van der Waals surface area (Å²) in [7, 11) is 0. The molecule has 1 aromatic rings. The van der Waals surface area contributed by atoms with Crippen LogP contribution >= 0.6 is 0 Å². The molecule has 0 bridgehead atoms. The van der Waals surface area contributed by atoms with Crippen LogP contribution in [0, 0.1) is 0 Å². The van der Waals surface area contributed by atoms with E-state index in [1.807, 2.05) is 0 Å². The summed E-state index contributed by atoms with van der Waals surface area (Å²) in [6, 6.07) is 0. The van der Waals surface area contributed by atoms with E-state index in [-0.39, 0.29) is 18.6 Å². The molecule has 94 valence electrons. The standard InChI is InChI=1S/C10H17N5O2/c11-5-8-6-15(14-12-8)7-10(16)13-17-9-3-1-2-4-9/h6,9H,1-5,7,11H2,(H,13,16). The Balaban J connectivity index is 1.72. The minimum Gasteiger partial charge on any atom is -0.325 e. The van der Waals surface area contributed by atoms with Crippen LogP contribution in [0.1, 0.15) is 31.4 Å². The SMILES string of the molecule is NCc1cn(CC(=O)NOC2CCCC2)nn1. The highest BCUT2D eigenvalue weighted by molar-refractivity contribution is 5.74. The molecular formula is C10H17N5O2. The summed E-state index contributed by atoms with van der Waals surface area (Å²) in [6.45, 7) is 0.417. The third-order valence-electron chi connectivity index (χ3n) is 2.74. The van der Waals surface area contributed by atoms with Gasteiger partial charge in [0.05, 0.1) is 18.0 Å². The summed E-state index contributed by atoms with van der Waals surface area (Å²) < 4.78 is 1.44. The van der Waals surface area contributed by atoms with Gasteiger partial charge in [0.2, 0.25) is 0 Å². The number of nitrogens with two attached hydrogens (primary N) is 1. The van der Waals surface area contributed by atoms with Crippen molar-refractivity contribution in [2.24, 2.45) is 5.73 Å². The highest BCUT2D eigenvalue weighted by atomic mass is 16.7. The number of hydroxylamine groups is 1. The lowest BCUT2D eigenvalue weighted by molar-refractivity contribution is -0.139. The first-order valence-corrected chi connectivity index (χ1v) is 5.81. The first-order valence-electron chi connectivity index (χ1n) is 5.81. The van der Waals surface area contributed by atoms with Gasteiger partial charge >= 0.3 is 0 Å². The summed E-state index contributed by atoms with van der Waals surface area (Å²) in [5, 5.41) is 7.57. The van der Waals surface area contributed by atoms with Crippen molar-refractivity contribution >= 4 is 5.91 Å². The Morgan fingerprint density at radius 2 is 2.35 bits per heavy atom. The molecule has 3 N–H and O–H groups in total. The number of rotatable bonds is 5. The Morgan fingerprint density at radius 1 is 1.59 bits per heavy atom. The minimum atomic E-state index is -0.231. The average Bonchev–Trinajstić information content (AvgIpc) is 2.97. The van der Waals surface area contributed by atoms with Crippen molar-refractivity contribution in [2.75, 3.05) is 0 Å². The van der Waals surface area contributed by atoms with Gasteiger partial charge in [-0.3, -0.25) is 9.63 Å². The number of amides is 1. The van der Waals surface area contributed by atoms with Crippen LogP contribution in [0.2, 0.25) is 0 Å². The van der Waals surface area contributed by atoms with E-state index < -0.39 is 0 Å². The number of hydrogen-bond acceptors (Lipinski definition) is 5. The third-order valence-corrected chi connectivity index (χ3v) is 2.74. The highest BCUT2D eigenvalue weighted by Gasteiger charge is 2.17. The van der Waals surface area contributed by atoms with E-state index >= 15 is 0 Å². The van der Waals surface area contributed by atoms with Crippen molar-refractivity contribution in [1.29, 1.82) is 0 Å². The maximum absolute atomic E-state index is 11.5. The van der Waals surface area contributed by atoms with Crippen molar-refractivity contribution in [3.8, 4) is 0 Å². The van der Waals surface area contributed by atoms with E-state index in [0.717, 1.165) is 12.8 Å². The second-order valence-corrected chi connectivity index (χ2v) is 4.16. The predicted molar refractivity (Wildman–Crippen MR) is 59.4 cm³/mol. The number of carbonyl (C=O) groups is 1. The van der Waals surface area contributed by atoms with E-state index in [0.29, 0.717) is 12.2 Å². The van der Waals surface area contributed by atoms with Gasteiger partial charge in [-0.2, -0.15) is 0 Å². The molecule has 0 unspecified atom stereocenters. The van der Waals surface area contributed by atoms with Crippen LogP contribution in [-0.4, -0.2) is 27.0 Å². The number of hydrogen-bond donors (Lipinski definition) is 2. The summed E-state index contributed by atoms with van der Waals surface area (Å²) in [5.74, 6) is -0.231. The largest absolute Gasteiger partial charge is 0.325 e. The number of carbonyl (C=O) groups excluding carboxylic acids is 1. The molecule has 1 aliphatic carbocycles. The minimum absolute atomic E-state index is 0.0969. The van der Waals surface area contributed by atoms with Crippen molar-refractivity contribution in [3.63, 3.8) is 0 Å². The van der Waals surface area contributed by atoms with E-state index in [4.69, 9.17) is 10.6 Å². The first kappa shape index (κ1) is 12.0. The summed E-state index contributed by atoms with van der Waals surface area (Å²) in [5.41, 5.74) is 8.50. The fraction of sp³-hybridized carbons (Fsp3) is 0.700. The molecule has 7 nitrogen and oxygen atoms in total. The molecule has 0 radical (unpaired) electrons. The van der Waals surface area contributed by atoms with Crippen LogP contribution in [-0.2, 0) is 22.7 Å². The molecule has 0 aromatic carbocycles. The van der Waals surface area contributed by atoms with Gasteiger partial charge < -0.3 is 5.73 Å². The molecule has 1 saturated carbocycles. The lowest BCUT2D eigenvalue weighted by Crippen LogP contribution is -2.31. The van der Waals surface area contributed by atoms with Crippen LogP contribution in [0.25, 0.3) is 0 Å². The molecular weight excluding hydrogens is 222 g/mol. The van der Waals surface area contributed by atoms with Crippen LogP contribution < -0.4 is 11.2 Å². The molecule has 2 rings (SSSR count). The third kappa shape index (κ3) is 3.50. The molecule has 1 heterocycles. The van der Waals surface area contributed by atoms with E-state index in [2.05, 4.69) is 15.8 Å². The summed E-state index contributed by atoms with van der Waals surface area (Å²) in [4.78, 5) is 16.8. The van der Waals surface area contributed by atoms with Crippen LogP contribution in [0.15, 0.2) is 6.20 Å². The van der Waals surface area contributed by atoms with Crippen molar-refractivity contribution in [2.45, 2.75) is 44.9 Å². The van der Waals surface area contributed by atoms with Crippen molar-refractivity contribution < 1.29 is 9.63 Å². The molecule has 1 fully saturated rings. The van der Waals surface area contributed by atoms with Crippen LogP contribution in [0.4, 0.5) is 0 Å². The van der Waals surface area contributed by atoms with E-state index in [9.17, 15) is 4.79 Å². The zero-order valence-electron chi connectivity index (χ0n) is 9.63. The lowest BCUT2D eigenvalue weighted by Gasteiger charge is -2.10. The lowest BCUT2D eigenvalue weighted by atomic mass is 10.3.